The van der Waals surface area contributed by atoms with Crippen molar-refractivity contribution in [2.75, 3.05) is 27.2 Å². The second-order valence-electron chi connectivity index (χ2n) is 13.0. The Morgan fingerprint density at radius 2 is 1.54 bits per heavy atom. The Morgan fingerprint density at radius 1 is 0.923 bits per heavy atom. The molecule has 2 fully saturated rings. The molecule has 0 aromatic rings. The maximum Gasteiger partial charge on any atom is 0.249 e. The molecule has 4 amide bonds. The Morgan fingerprint density at radius 3 is 2.08 bits per heavy atom. The molecule has 2 aliphatic rings. The average Bonchev–Trinajstić information content (AvgIpc) is 3.37. The van der Waals surface area contributed by atoms with Gasteiger partial charge < -0.3 is 20.4 Å². The molecule has 39 heavy (non-hydrogen) atoms. The Bertz CT molecular complexity index is 923. The summed E-state index contributed by atoms with van der Waals surface area (Å²) in [6.07, 6.45) is 6.14. The van der Waals surface area contributed by atoms with Crippen molar-refractivity contribution in [2.45, 2.75) is 118 Å². The molecular weight excluding hydrogens is 494 g/mol. The number of carbonyl (C=O) groups is 4. The molecule has 0 saturated carbocycles. The minimum atomic E-state index is -0.715. The minimum Gasteiger partial charge on any atom is -0.357 e. The summed E-state index contributed by atoms with van der Waals surface area (Å²) in [5, 5.41) is 5.77. The van der Waals surface area contributed by atoms with Gasteiger partial charge in [0, 0.05) is 32.3 Å². The van der Waals surface area contributed by atoms with Crippen LogP contribution < -0.4 is 10.6 Å². The molecular formula is C30H53N5O4. The van der Waals surface area contributed by atoms with Crippen molar-refractivity contribution in [3.8, 4) is 0 Å². The highest BCUT2D eigenvalue weighted by Gasteiger charge is 2.40. The Balaban J connectivity index is 2.27. The van der Waals surface area contributed by atoms with Crippen molar-refractivity contribution in [1.29, 1.82) is 0 Å². The van der Waals surface area contributed by atoms with Gasteiger partial charge in [-0.2, -0.15) is 0 Å². The van der Waals surface area contributed by atoms with Crippen molar-refractivity contribution >= 4 is 23.6 Å². The summed E-state index contributed by atoms with van der Waals surface area (Å²) in [7, 11) is 3.33. The van der Waals surface area contributed by atoms with Crippen LogP contribution in [0.5, 0.6) is 0 Å². The van der Waals surface area contributed by atoms with E-state index in [4.69, 9.17) is 0 Å². The van der Waals surface area contributed by atoms with Crippen molar-refractivity contribution in [3.05, 3.63) is 11.6 Å². The highest BCUT2D eigenvalue weighted by molar-refractivity contribution is 5.97. The first-order valence-corrected chi connectivity index (χ1v) is 14.7. The number of hydrogen-bond acceptors (Lipinski definition) is 5. The monoisotopic (exact) mass is 547 g/mol. The van der Waals surface area contributed by atoms with E-state index >= 15 is 0 Å². The Hall–Kier alpha value is -2.42. The largest absolute Gasteiger partial charge is 0.357 e. The van der Waals surface area contributed by atoms with Crippen LogP contribution in [0.25, 0.3) is 0 Å². The van der Waals surface area contributed by atoms with Crippen LogP contribution in [0.15, 0.2) is 11.6 Å². The smallest absolute Gasteiger partial charge is 0.249 e. The Labute approximate surface area is 236 Å². The van der Waals surface area contributed by atoms with E-state index < -0.39 is 17.5 Å². The molecule has 0 radical (unpaired) electrons. The molecule has 2 N–H and O–H groups in total. The fourth-order valence-corrected chi connectivity index (χ4v) is 5.85. The predicted molar refractivity (Wildman–Crippen MR) is 155 cm³/mol. The molecule has 0 aromatic heterocycles. The van der Waals surface area contributed by atoms with Crippen LogP contribution >= 0.6 is 0 Å². The molecule has 2 rings (SSSR count). The van der Waals surface area contributed by atoms with E-state index in [0.717, 1.165) is 32.2 Å². The van der Waals surface area contributed by atoms with E-state index in [1.807, 2.05) is 40.7 Å². The number of piperidine rings is 1. The molecule has 9 heteroatoms. The molecule has 0 unspecified atom stereocenters. The van der Waals surface area contributed by atoms with Gasteiger partial charge in [0.1, 0.15) is 12.1 Å². The van der Waals surface area contributed by atoms with Crippen LogP contribution in [-0.2, 0) is 19.2 Å². The number of nitrogens with zero attached hydrogens (tertiary/aromatic N) is 3. The van der Waals surface area contributed by atoms with Gasteiger partial charge in [0.25, 0.3) is 0 Å². The number of likely N-dealkylation sites (N-methyl/N-ethyl adjacent to an activating group) is 2. The summed E-state index contributed by atoms with van der Waals surface area (Å²) in [4.78, 5) is 58.6. The lowest BCUT2D eigenvalue weighted by atomic mass is 9.84. The summed E-state index contributed by atoms with van der Waals surface area (Å²) in [6, 6.07) is -1.52. The first kappa shape index (κ1) is 32.8. The van der Waals surface area contributed by atoms with Gasteiger partial charge in [-0.3, -0.25) is 24.1 Å². The topological polar surface area (TPSA) is 102 Å². The zero-order chi connectivity index (χ0) is 29.7. The predicted octanol–water partition coefficient (Wildman–Crippen LogP) is 2.95. The van der Waals surface area contributed by atoms with Crippen LogP contribution in [0.1, 0.15) is 87.5 Å². The van der Waals surface area contributed by atoms with Crippen molar-refractivity contribution in [3.63, 3.8) is 0 Å². The second-order valence-corrected chi connectivity index (χ2v) is 13.0. The lowest BCUT2D eigenvalue weighted by Gasteiger charge is -2.41. The summed E-state index contributed by atoms with van der Waals surface area (Å²) in [5.74, 6) is -0.579. The van der Waals surface area contributed by atoms with Gasteiger partial charge in [-0.25, -0.2) is 0 Å². The standard InChI is InChI=1S/C30H53N5O4/c1-19(2)24(18-21(5)28(38)35-17-13-15-22(35)26(36)31-9)33(10)29(39)25(30(6,7)8)32-27(37)23-14-11-12-16-34(23)20(3)4/h18-20,22-25H,11-17H2,1-10H3,(H,31,36)(H,32,37)/b21-18+/t22-,23+,24+,25+/m0/s1. The zero-order valence-corrected chi connectivity index (χ0v) is 26.0. The molecule has 9 nitrogen and oxygen atoms in total. The molecule has 0 aromatic carbocycles. The van der Waals surface area contributed by atoms with Crippen LogP contribution in [-0.4, -0.2) is 95.7 Å². The quantitative estimate of drug-likeness (QED) is 0.432. The van der Waals surface area contributed by atoms with Gasteiger partial charge in [0.2, 0.25) is 23.6 Å². The normalized spacial score (nSPS) is 22.6. The molecule has 2 aliphatic heterocycles. The Kier molecular flexibility index (Phi) is 11.6. The summed E-state index contributed by atoms with van der Waals surface area (Å²) in [6.45, 7) is 17.3. The van der Waals surface area contributed by atoms with Crippen molar-refractivity contribution in [2.24, 2.45) is 11.3 Å². The molecule has 222 valence electrons. The molecule has 0 bridgehead atoms. The second kappa shape index (κ2) is 13.8. The fourth-order valence-electron chi connectivity index (χ4n) is 5.85. The highest BCUT2D eigenvalue weighted by atomic mass is 16.2. The van der Waals surface area contributed by atoms with Crippen molar-refractivity contribution < 1.29 is 19.2 Å². The zero-order valence-electron chi connectivity index (χ0n) is 26.0. The van der Waals surface area contributed by atoms with Crippen LogP contribution in [0.4, 0.5) is 0 Å². The molecule has 2 saturated heterocycles. The SMILES string of the molecule is CNC(=O)[C@@H]1CCCN1C(=O)/C(C)=C/[C@H](C(C)C)N(C)C(=O)[C@@H](NC(=O)[C@H]1CCCCN1C(C)C)C(C)(C)C. The van der Waals surface area contributed by atoms with Crippen LogP contribution in [0, 0.1) is 11.3 Å². The van der Waals surface area contributed by atoms with E-state index in [1.54, 1.807) is 30.8 Å². The third-order valence-electron chi connectivity index (χ3n) is 8.21. The third kappa shape index (κ3) is 8.05. The summed E-state index contributed by atoms with van der Waals surface area (Å²) < 4.78 is 0. The molecule has 4 atom stereocenters. The summed E-state index contributed by atoms with van der Waals surface area (Å²) in [5.41, 5.74) is 0.000316. The maximum atomic E-state index is 14.0. The number of hydrogen-bond donors (Lipinski definition) is 2. The molecule has 0 aliphatic carbocycles. The van der Waals surface area contributed by atoms with Gasteiger partial charge in [-0.05, 0) is 64.3 Å². The average molecular weight is 548 g/mol. The number of amides is 4. The minimum absolute atomic E-state index is 0.0288. The number of carbonyl (C=O) groups excluding carboxylic acids is 4. The fraction of sp³-hybridized carbons (Fsp3) is 0.800. The van der Waals surface area contributed by atoms with E-state index in [9.17, 15) is 19.2 Å². The lowest BCUT2D eigenvalue weighted by Crippen LogP contribution is -2.60. The number of nitrogens with one attached hydrogen (secondary N) is 2. The number of likely N-dealkylation sites (tertiary alicyclic amines) is 2. The van der Waals surface area contributed by atoms with Crippen LogP contribution in [0.3, 0.4) is 0 Å². The van der Waals surface area contributed by atoms with Gasteiger partial charge in [-0.15, -0.1) is 0 Å². The molecule has 0 spiro atoms. The van der Waals surface area contributed by atoms with E-state index in [1.165, 1.54) is 0 Å². The van der Waals surface area contributed by atoms with Gasteiger partial charge >= 0.3 is 0 Å². The van der Waals surface area contributed by atoms with Gasteiger partial charge in [0.05, 0.1) is 12.1 Å². The van der Waals surface area contributed by atoms with Crippen molar-refractivity contribution in [1.82, 2.24) is 25.3 Å². The van der Waals surface area contributed by atoms with E-state index in [2.05, 4.69) is 29.4 Å². The highest BCUT2D eigenvalue weighted by Crippen LogP contribution is 2.26. The van der Waals surface area contributed by atoms with Gasteiger partial charge in [0.15, 0.2) is 0 Å². The first-order valence-electron chi connectivity index (χ1n) is 14.7. The van der Waals surface area contributed by atoms with E-state index in [0.29, 0.717) is 18.5 Å². The van der Waals surface area contributed by atoms with Crippen LogP contribution in [0.2, 0.25) is 0 Å². The lowest BCUT2D eigenvalue weighted by molar-refractivity contribution is -0.142. The molecule has 2 heterocycles. The summed E-state index contributed by atoms with van der Waals surface area (Å²) >= 11 is 0. The van der Waals surface area contributed by atoms with Gasteiger partial charge in [-0.1, -0.05) is 47.1 Å². The number of rotatable bonds is 9. The maximum absolute atomic E-state index is 14.0. The third-order valence-corrected chi connectivity index (χ3v) is 8.21. The van der Waals surface area contributed by atoms with E-state index in [-0.39, 0.29) is 47.7 Å². The first-order chi connectivity index (χ1) is 18.1.